The number of hydrogen-bond donors (Lipinski definition) is 1. The average Bonchev–Trinajstić information content (AvgIpc) is 3.32. The fourth-order valence-electron chi connectivity index (χ4n) is 5.11. The maximum absolute atomic E-state index is 13.4. The molecule has 0 amide bonds. The zero-order valence-electron chi connectivity index (χ0n) is 16.9. The van der Waals surface area contributed by atoms with Crippen LogP contribution < -0.4 is 0 Å². The van der Waals surface area contributed by atoms with Crippen molar-refractivity contribution in [2.45, 2.75) is 38.5 Å². The minimum absolute atomic E-state index is 0.384. The normalized spacial score (nSPS) is 25.3. The molecule has 2 saturated carbocycles. The Labute approximate surface area is 180 Å². The first-order valence-corrected chi connectivity index (χ1v) is 11.6. The molecule has 3 unspecified atom stereocenters. The van der Waals surface area contributed by atoms with E-state index in [9.17, 15) is 13.6 Å². The minimum atomic E-state index is -1.31. The van der Waals surface area contributed by atoms with Crippen molar-refractivity contribution in [1.82, 2.24) is 4.90 Å². The van der Waals surface area contributed by atoms with E-state index in [1.807, 2.05) is 6.08 Å². The van der Waals surface area contributed by atoms with Gasteiger partial charge in [-0.2, -0.15) is 0 Å². The Hall–Kier alpha value is -2.02. The Bertz CT molecular complexity index is 857. The van der Waals surface area contributed by atoms with Crippen molar-refractivity contribution in [3.8, 4) is 0 Å². The highest BCUT2D eigenvalue weighted by atomic mass is 32.2. The highest BCUT2D eigenvalue weighted by Crippen LogP contribution is 2.49. The van der Waals surface area contributed by atoms with Crippen molar-refractivity contribution in [2.75, 3.05) is 18.8 Å². The molecular formula is C23H27F2NO3S. The first-order valence-electron chi connectivity index (χ1n) is 10.6. The van der Waals surface area contributed by atoms with Crippen LogP contribution in [0.5, 0.6) is 0 Å². The summed E-state index contributed by atoms with van der Waals surface area (Å²) < 4.78 is 31.5. The van der Waals surface area contributed by atoms with Gasteiger partial charge in [0.25, 0.3) is 0 Å². The van der Waals surface area contributed by atoms with Crippen LogP contribution in [-0.2, 0) is 11.2 Å². The number of ether oxygens (including phenoxy) is 1. The number of aryl methyl sites for hydroxylation is 1. The number of benzene rings is 1. The quantitative estimate of drug-likeness (QED) is 0.413. The van der Waals surface area contributed by atoms with Gasteiger partial charge < -0.3 is 14.7 Å². The summed E-state index contributed by atoms with van der Waals surface area (Å²) in [7, 11) is 0. The number of rotatable bonds is 8. The Kier molecular flexibility index (Phi) is 6.66. The van der Waals surface area contributed by atoms with E-state index in [1.54, 1.807) is 23.9 Å². The van der Waals surface area contributed by atoms with E-state index in [0.29, 0.717) is 18.1 Å². The Morgan fingerprint density at radius 2 is 2.10 bits per heavy atom. The average molecular weight is 436 g/mol. The van der Waals surface area contributed by atoms with Gasteiger partial charge in [-0.15, -0.1) is 11.8 Å². The van der Waals surface area contributed by atoms with Gasteiger partial charge in [-0.05, 0) is 79.4 Å². The van der Waals surface area contributed by atoms with Crippen LogP contribution >= 0.6 is 11.8 Å². The fourth-order valence-corrected chi connectivity index (χ4v) is 6.18. The van der Waals surface area contributed by atoms with E-state index < -0.39 is 17.8 Å². The van der Waals surface area contributed by atoms with Crippen LogP contribution in [-0.4, -0.2) is 35.0 Å². The molecular weight excluding hydrogens is 408 g/mol. The van der Waals surface area contributed by atoms with E-state index >= 15 is 0 Å². The van der Waals surface area contributed by atoms with E-state index in [1.165, 1.54) is 31.7 Å². The third-order valence-electron chi connectivity index (χ3n) is 6.46. The van der Waals surface area contributed by atoms with Crippen LogP contribution in [0.1, 0.15) is 37.7 Å². The maximum Gasteiger partial charge on any atom is 0.511 e. The SMILES string of the molecule is O=C(O)OC1=C(SCCCc2ccc(F)c(F)c2)N(CC2CC3CCC2C3)CC=C1. The summed E-state index contributed by atoms with van der Waals surface area (Å²) in [6, 6.07) is 4.00. The highest BCUT2D eigenvalue weighted by Gasteiger charge is 2.40. The minimum Gasteiger partial charge on any atom is -0.449 e. The molecule has 1 heterocycles. The van der Waals surface area contributed by atoms with Crippen LogP contribution in [0.15, 0.2) is 41.1 Å². The zero-order chi connectivity index (χ0) is 21.1. The predicted molar refractivity (Wildman–Crippen MR) is 113 cm³/mol. The lowest BCUT2D eigenvalue weighted by atomic mass is 9.88. The van der Waals surface area contributed by atoms with Crippen molar-refractivity contribution in [1.29, 1.82) is 0 Å². The van der Waals surface area contributed by atoms with Gasteiger partial charge in [-0.3, -0.25) is 0 Å². The van der Waals surface area contributed by atoms with Crippen molar-refractivity contribution < 1.29 is 23.4 Å². The molecule has 1 aromatic carbocycles. The summed E-state index contributed by atoms with van der Waals surface area (Å²) in [6.07, 6.45) is 9.08. The van der Waals surface area contributed by atoms with Gasteiger partial charge in [-0.25, -0.2) is 13.6 Å². The Morgan fingerprint density at radius 1 is 1.23 bits per heavy atom. The van der Waals surface area contributed by atoms with Crippen LogP contribution in [0.2, 0.25) is 0 Å². The van der Waals surface area contributed by atoms with Crippen LogP contribution in [0.3, 0.4) is 0 Å². The first kappa shape index (κ1) is 21.2. The summed E-state index contributed by atoms with van der Waals surface area (Å²) in [5, 5.41) is 9.99. The molecule has 0 spiro atoms. The van der Waals surface area contributed by atoms with Crippen LogP contribution in [0.4, 0.5) is 13.6 Å². The number of carbonyl (C=O) groups is 1. The molecule has 0 saturated heterocycles. The summed E-state index contributed by atoms with van der Waals surface area (Å²) in [5.74, 6) is 1.79. The second-order valence-corrected chi connectivity index (χ2v) is 9.56. The van der Waals surface area contributed by atoms with E-state index in [4.69, 9.17) is 9.84 Å². The molecule has 0 aromatic heterocycles. The van der Waals surface area contributed by atoms with E-state index in [-0.39, 0.29) is 0 Å². The van der Waals surface area contributed by atoms with Crippen molar-refractivity contribution in [3.05, 3.63) is 58.3 Å². The molecule has 1 aliphatic heterocycles. The van der Waals surface area contributed by atoms with Gasteiger partial charge >= 0.3 is 6.16 Å². The standard InChI is InChI=1S/C23H27F2NO3S/c24-19-8-6-15(13-20(19)25)3-2-10-30-22-21(29-23(27)28)4-1-9-26(22)14-18-12-16-5-7-17(18)11-16/h1,4,6,8,13,16-18H,2-3,5,7,9-12,14H2,(H,27,28). The van der Waals surface area contributed by atoms with Gasteiger partial charge in [0.1, 0.15) is 5.03 Å². The Balaban J connectivity index is 1.38. The second-order valence-electron chi connectivity index (χ2n) is 8.48. The third-order valence-corrected chi connectivity index (χ3v) is 7.69. The molecule has 30 heavy (non-hydrogen) atoms. The molecule has 0 radical (unpaired) electrons. The van der Waals surface area contributed by atoms with Crippen LogP contribution in [0.25, 0.3) is 0 Å². The van der Waals surface area contributed by atoms with E-state index in [2.05, 4.69) is 4.90 Å². The van der Waals surface area contributed by atoms with E-state index in [0.717, 1.165) is 53.8 Å². The topological polar surface area (TPSA) is 49.8 Å². The highest BCUT2D eigenvalue weighted by molar-refractivity contribution is 8.03. The monoisotopic (exact) mass is 435 g/mol. The largest absolute Gasteiger partial charge is 0.511 e. The molecule has 162 valence electrons. The summed E-state index contributed by atoms with van der Waals surface area (Å²) in [4.78, 5) is 13.4. The fraction of sp³-hybridized carbons (Fsp3) is 0.522. The molecule has 3 aliphatic rings. The lowest BCUT2D eigenvalue weighted by molar-refractivity contribution is 0.118. The van der Waals surface area contributed by atoms with Crippen molar-refractivity contribution in [2.24, 2.45) is 17.8 Å². The summed E-state index contributed by atoms with van der Waals surface area (Å²) in [5.41, 5.74) is 0.757. The molecule has 3 atom stereocenters. The lowest BCUT2D eigenvalue weighted by Crippen LogP contribution is -2.33. The smallest absolute Gasteiger partial charge is 0.449 e. The number of halogens is 2. The maximum atomic E-state index is 13.4. The number of thioether (sulfide) groups is 1. The summed E-state index contributed by atoms with van der Waals surface area (Å²) in [6.45, 7) is 1.69. The molecule has 2 aliphatic carbocycles. The molecule has 1 aromatic rings. The third kappa shape index (κ3) is 4.99. The molecule has 1 N–H and O–H groups in total. The van der Waals surface area contributed by atoms with Gasteiger partial charge in [0.05, 0.1) is 0 Å². The van der Waals surface area contributed by atoms with Gasteiger partial charge in [0.2, 0.25) is 0 Å². The molecule has 2 fully saturated rings. The molecule has 7 heteroatoms. The van der Waals surface area contributed by atoms with Crippen molar-refractivity contribution >= 4 is 17.9 Å². The molecule has 4 nitrogen and oxygen atoms in total. The summed E-state index contributed by atoms with van der Waals surface area (Å²) >= 11 is 1.58. The van der Waals surface area contributed by atoms with Gasteiger partial charge in [0, 0.05) is 13.1 Å². The van der Waals surface area contributed by atoms with Gasteiger partial charge in [-0.1, -0.05) is 18.6 Å². The predicted octanol–water partition coefficient (Wildman–Crippen LogP) is 5.80. The Morgan fingerprint density at radius 3 is 2.80 bits per heavy atom. The molecule has 2 bridgehead atoms. The number of carboxylic acid groups (broad SMARTS) is 1. The number of hydrogen-bond acceptors (Lipinski definition) is 4. The lowest BCUT2D eigenvalue weighted by Gasteiger charge is -2.34. The molecule has 4 rings (SSSR count). The number of fused-ring (bicyclic) bond motifs is 2. The second kappa shape index (κ2) is 9.41. The van der Waals surface area contributed by atoms with Gasteiger partial charge in [0.15, 0.2) is 17.4 Å². The first-order chi connectivity index (χ1) is 14.5. The van der Waals surface area contributed by atoms with Crippen LogP contribution in [0, 0.1) is 29.4 Å². The number of allylic oxidation sites excluding steroid dienone is 1. The zero-order valence-corrected chi connectivity index (χ0v) is 17.7. The number of nitrogens with zero attached hydrogens (tertiary/aromatic N) is 1. The van der Waals surface area contributed by atoms with Crippen molar-refractivity contribution in [3.63, 3.8) is 0 Å².